The van der Waals surface area contributed by atoms with Crippen molar-refractivity contribution >= 4 is 21.6 Å². The first-order valence-corrected chi connectivity index (χ1v) is 6.69. The van der Waals surface area contributed by atoms with E-state index in [1.165, 1.54) is 5.69 Å². The molecule has 17 heavy (non-hydrogen) atoms. The van der Waals surface area contributed by atoms with Crippen molar-refractivity contribution in [3.63, 3.8) is 0 Å². The Labute approximate surface area is 113 Å². The van der Waals surface area contributed by atoms with E-state index in [2.05, 4.69) is 52.5 Å². The van der Waals surface area contributed by atoms with Crippen LogP contribution in [-0.4, -0.2) is 13.1 Å². The first-order chi connectivity index (χ1) is 7.95. The predicted molar refractivity (Wildman–Crippen MR) is 79.4 cm³/mol. The van der Waals surface area contributed by atoms with Gasteiger partial charge >= 0.3 is 0 Å². The van der Waals surface area contributed by atoms with Crippen LogP contribution in [0.1, 0.15) is 32.4 Å². The average molecular weight is 297 g/mol. The number of benzene rings is 1. The van der Waals surface area contributed by atoms with Gasteiger partial charge in [-0.2, -0.15) is 0 Å². The van der Waals surface area contributed by atoms with Gasteiger partial charge in [0.2, 0.25) is 0 Å². The number of hydrogen-bond acceptors (Lipinski definition) is 2. The number of halogens is 1. The minimum Gasteiger partial charge on any atom is -0.367 e. The van der Waals surface area contributed by atoms with Gasteiger partial charge in [0.05, 0.1) is 5.69 Å². The third-order valence-corrected chi connectivity index (χ3v) is 3.32. The third-order valence-electron chi connectivity index (χ3n) is 2.68. The zero-order valence-corrected chi connectivity index (χ0v) is 12.4. The lowest BCUT2D eigenvalue weighted by molar-refractivity contribution is 0.814. The molecule has 1 aromatic rings. The molecule has 1 rings (SSSR count). The molecule has 0 aromatic heterocycles. The normalized spacial score (nSPS) is 12.3. The van der Waals surface area contributed by atoms with Crippen LogP contribution in [0, 0.1) is 0 Å². The molecule has 0 aliphatic rings. The molecule has 94 valence electrons. The van der Waals surface area contributed by atoms with E-state index in [-0.39, 0.29) is 6.04 Å². The van der Waals surface area contributed by atoms with Gasteiger partial charge in [0, 0.05) is 23.6 Å². The topological polar surface area (TPSA) is 29.3 Å². The zero-order valence-electron chi connectivity index (χ0n) is 10.8. The molecule has 0 aliphatic heterocycles. The maximum atomic E-state index is 5.87. The SMILES string of the molecule is C=C(C)CN(CC)c1ccc([C@@H](C)N)cc1Br. The predicted octanol–water partition coefficient (Wildman–Crippen LogP) is 3.87. The van der Waals surface area contributed by atoms with Crippen molar-refractivity contribution in [3.05, 3.63) is 40.4 Å². The Morgan fingerprint density at radius 1 is 1.53 bits per heavy atom. The maximum absolute atomic E-state index is 5.87. The molecule has 0 heterocycles. The Kier molecular flexibility index (Phi) is 5.22. The van der Waals surface area contributed by atoms with Crippen LogP contribution in [0.4, 0.5) is 5.69 Å². The van der Waals surface area contributed by atoms with Gasteiger partial charge in [-0.25, -0.2) is 0 Å². The molecule has 2 N–H and O–H groups in total. The highest BCUT2D eigenvalue weighted by atomic mass is 79.9. The van der Waals surface area contributed by atoms with Crippen LogP contribution >= 0.6 is 15.9 Å². The number of hydrogen-bond donors (Lipinski definition) is 1. The number of anilines is 1. The summed E-state index contributed by atoms with van der Waals surface area (Å²) in [7, 11) is 0. The fraction of sp³-hybridized carbons (Fsp3) is 0.429. The summed E-state index contributed by atoms with van der Waals surface area (Å²) < 4.78 is 1.09. The van der Waals surface area contributed by atoms with Gasteiger partial charge in [0.15, 0.2) is 0 Å². The van der Waals surface area contributed by atoms with Crippen molar-refractivity contribution in [3.8, 4) is 0 Å². The van der Waals surface area contributed by atoms with Gasteiger partial charge in [-0.05, 0) is 54.4 Å². The number of likely N-dealkylation sites (N-methyl/N-ethyl adjacent to an activating group) is 1. The molecule has 1 atom stereocenters. The van der Waals surface area contributed by atoms with Crippen molar-refractivity contribution in [1.82, 2.24) is 0 Å². The molecule has 0 aliphatic carbocycles. The molecule has 2 nitrogen and oxygen atoms in total. The molecule has 0 radical (unpaired) electrons. The second-order valence-corrected chi connectivity index (χ2v) is 5.33. The van der Waals surface area contributed by atoms with E-state index >= 15 is 0 Å². The summed E-state index contributed by atoms with van der Waals surface area (Å²) >= 11 is 3.62. The number of rotatable bonds is 5. The lowest BCUT2D eigenvalue weighted by Gasteiger charge is -2.25. The second kappa shape index (κ2) is 6.22. The van der Waals surface area contributed by atoms with E-state index in [4.69, 9.17) is 5.73 Å². The van der Waals surface area contributed by atoms with E-state index in [9.17, 15) is 0 Å². The standard InChI is InChI=1S/C14H21BrN2/c1-5-17(9-10(2)3)14-7-6-12(11(4)16)8-13(14)15/h6-8,11H,2,5,9,16H2,1,3-4H3/t11-/m1/s1. The molecular formula is C14H21BrN2. The number of nitrogens with two attached hydrogens (primary N) is 1. The highest BCUT2D eigenvalue weighted by Gasteiger charge is 2.10. The van der Waals surface area contributed by atoms with Crippen LogP contribution in [0.3, 0.4) is 0 Å². The highest BCUT2D eigenvalue weighted by Crippen LogP contribution is 2.29. The molecule has 0 saturated carbocycles. The Balaban J connectivity index is 3.00. The molecule has 1 aromatic carbocycles. The second-order valence-electron chi connectivity index (χ2n) is 4.47. The Morgan fingerprint density at radius 3 is 2.59 bits per heavy atom. The fourth-order valence-corrected chi connectivity index (χ4v) is 2.40. The van der Waals surface area contributed by atoms with Crippen molar-refractivity contribution in [2.75, 3.05) is 18.0 Å². The Bertz CT molecular complexity index is 399. The van der Waals surface area contributed by atoms with Gasteiger partial charge < -0.3 is 10.6 Å². The van der Waals surface area contributed by atoms with Gasteiger partial charge in [-0.1, -0.05) is 18.2 Å². The van der Waals surface area contributed by atoms with Gasteiger partial charge in [0.25, 0.3) is 0 Å². The first-order valence-electron chi connectivity index (χ1n) is 5.90. The van der Waals surface area contributed by atoms with Crippen molar-refractivity contribution in [2.45, 2.75) is 26.8 Å². The van der Waals surface area contributed by atoms with Gasteiger partial charge in [0.1, 0.15) is 0 Å². The third kappa shape index (κ3) is 3.86. The van der Waals surface area contributed by atoms with Gasteiger partial charge in [-0.15, -0.1) is 0 Å². The molecule has 0 fully saturated rings. The first kappa shape index (κ1) is 14.3. The number of nitrogens with zero attached hydrogens (tertiary/aromatic N) is 1. The van der Waals surface area contributed by atoms with Crippen LogP contribution in [0.5, 0.6) is 0 Å². The molecular weight excluding hydrogens is 276 g/mol. The lowest BCUT2D eigenvalue weighted by Crippen LogP contribution is -2.24. The summed E-state index contributed by atoms with van der Waals surface area (Å²) in [6.45, 7) is 12.0. The van der Waals surface area contributed by atoms with Crippen LogP contribution < -0.4 is 10.6 Å². The van der Waals surface area contributed by atoms with Crippen molar-refractivity contribution < 1.29 is 0 Å². The summed E-state index contributed by atoms with van der Waals surface area (Å²) in [4.78, 5) is 2.29. The molecule has 0 saturated heterocycles. The molecule has 0 amide bonds. The van der Waals surface area contributed by atoms with E-state index in [0.29, 0.717) is 0 Å². The summed E-state index contributed by atoms with van der Waals surface area (Å²) in [5, 5.41) is 0. The summed E-state index contributed by atoms with van der Waals surface area (Å²) in [6.07, 6.45) is 0. The average Bonchev–Trinajstić information content (AvgIpc) is 2.25. The minimum absolute atomic E-state index is 0.0663. The zero-order chi connectivity index (χ0) is 13.0. The van der Waals surface area contributed by atoms with E-state index in [1.54, 1.807) is 0 Å². The molecule has 3 heteroatoms. The van der Waals surface area contributed by atoms with Gasteiger partial charge in [-0.3, -0.25) is 0 Å². The lowest BCUT2D eigenvalue weighted by atomic mass is 10.1. The van der Waals surface area contributed by atoms with Crippen molar-refractivity contribution in [2.24, 2.45) is 5.73 Å². The molecule has 0 unspecified atom stereocenters. The van der Waals surface area contributed by atoms with E-state index in [1.807, 2.05) is 13.8 Å². The van der Waals surface area contributed by atoms with Crippen LogP contribution in [0.15, 0.2) is 34.8 Å². The highest BCUT2D eigenvalue weighted by molar-refractivity contribution is 9.10. The van der Waals surface area contributed by atoms with Crippen LogP contribution in [0.2, 0.25) is 0 Å². The summed E-state index contributed by atoms with van der Waals surface area (Å²) in [5.41, 5.74) is 9.38. The Morgan fingerprint density at radius 2 is 2.18 bits per heavy atom. The molecule has 0 spiro atoms. The van der Waals surface area contributed by atoms with Crippen LogP contribution in [0.25, 0.3) is 0 Å². The summed E-state index contributed by atoms with van der Waals surface area (Å²) in [5.74, 6) is 0. The fourth-order valence-electron chi connectivity index (χ4n) is 1.76. The molecule has 0 bridgehead atoms. The largest absolute Gasteiger partial charge is 0.367 e. The smallest absolute Gasteiger partial charge is 0.0513 e. The van der Waals surface area contributed by atoms with E-state index in [0.717, 1.165) is 28.7 Å². The quantitative estimate of drug-likeness (QED) is 0.836. The van der Waals surface area contributed by atoms with Crippen molar-refractivity contribution in [1.29, 1.82) is 0 Å². The summed E-state index contributed by atoms with van der Waals surface area (Å²) in [6, 6.07) is 6.37. The van der Waals surface area contributed by atoms with Crippen LogP contribution in [-0.2, 0) is 0 Å². The maximum Gasteiger partial charge on any atom is 0.0513 e. The monoisotopic (exact) mass is 296 g/mol. The minimum atomic E-state index is 0.0663. The Hall–Kier alpha value is -0.800. The van der Waals surface area contributed by atoms with E-state index < -0.39 is 0 Å².